The van der Waals surface area contributed by atoms with E-state index in [2.05, 4.69) is 10.3 Å². The van der Waals surface area contributed by atoms with Gasteiger partial charge >= 0.3 is 0 Å². The topological polar surface area (TPSA) is 64.4 Å². The third-order valence-corrected chi connectivity index (χ3v) is 4.41. The fourth-order valence-corrected chi connectivity index (χ4v) is 2.90. The van der Waals surface area contributed by atoms with Crippen molar-refractivity contribution in [2.24, 2.45) is 0 Å². The summed E-state index contributed by atoms with van der Waals surface area (Å²) in [5.74, 6) is 0.816. The van der Waals surface area contributed by atoms with Crippen LogP contribution in [0.3, 0.4) is 0 Å². The van der Waals surface area contributed by atoms with Gasteiger partial charge in [-0.15, -0.1) is 0 Å². The summed E-state index contributed by atoms with van der Waals surface area (Å²) in [6.45, 7) is 2.61. The van der Waals surface area contributed by atoms with Crippen LogP contribution in [-0.2, 0) is 4.79 Å². The zero-order valence-electron chi connectivity index (χ0n) is 14.8. The molecule has 0 aliphatic rings. The van der Waals surface area contributed by atoms with Gasteiger partial charge in [0.2, 0.25) is 5.91 Å². The Morgan fingerprint density at radius 1 is 1.22 bits per heavy atom. The molecule has 0 saturated carbocycles. The van der Waals surface area contributed by atoms with Crippen molar-refractivity contribution in [3.05, 3.63) is 60.5 Å². The highest BCUT2D eigenvalue weighted by Crippen LogP contribution is 2.27. The number of aromatic nitrogens is 1. The first-order valence-corrected chi connectivity index (χ1v) is 9.50. The molecular formula is C20H19FN2O3S. The number of nitrogens with one attached hydrogen (secondary N) is 1. The number of ether oxygens (including phenoxy) is 1. The van der Waals surface area contributed by atoms with E-state index in [9.17, 15) is 9.18 Å². The molecule has 0 fully saturated rings. The molecule has 1 heterocycles. The van der Waals surface area contributed by atoms with Crippen molar-refractivity contribution in [3.8, 4) is 17.1 Å². The Kier molecular flexibility index (Phi) is 6.49. The van der Waals surface area contributed by atoms with Crippen LogP contribution in [0.5, 0.6) is 5.75 Å². The van der Waals surface area contributed by atoms with Gasteiger partial charge in [0.05, 0.1) is 24.2 Å². The summed E-state index contributed by atoms with van der Waals surface area (Å²) in [6, 6.07) is 13.3. The molecule has 1 amide bonds. The minimum atomic E-state index is -0.312. The summed E-state index contributed by atoms with van der Waals surface area (Å²) in [5, 5.41) is 3.21. The molecule has 3 rings (SSSR count). The van der Waals surface area contributed by atoms with Gasteiger partial charge < -0.3 is 14.5 Å². The van der Waals surface area contributed by atoms with Crippen LogP contribution in [0, 0.1) is 5.82 Å². The first-order chi connectivity index (χ1) is 13.2. The van der Waals surface area contributed by atoms with Gasteiger partial charge in [0.1, 0.15) is 11.6 Å². The summed E-state index contributed by atoms with van der Waals surface area (Å²) in [4.78, 5) is 16.4. The van der Waals surface area contributed by atoms with E-state index in [1.807, 2.05) is 25.1 Å². The molecule has 2 aromatic carbocycles. The zero-order valence-corrected chi connectivity index (χ0v) is 15.6. The average molecular weight is 386 g/mol. The Balaban J connectivity index is 1.56. The molecule has 7 heteroatoms. The van der Waals surface area contributed by atoms with Gasteiger partial charge in [-0.3, -0.25) is 4.79 Å². The molecule has 0 spiro atoms. The Hall–Kier alpha value is -2.80. The maximum absolute atomic E-state index is 13.0. The second-order valence-electron chi connectivity index (χ2n) is 5.68. The van der Waals surface area contributed by atoms with Crippen LogP contribution < -0.4 is 10.1 Å². The van der Waals surface area contributed by atoms with E-state index >= 15 is 0 Å². The Bertz CT molecular complexity index is 896. The molecule has 1 aromatic heterocycles. The van der Waals surface area contributed by atoms with Crippen molar-refractivity contribution in [3.63, 3.8) is 0 Å². The minimum Gasteiger partial charge on any atom is -0.491 e. The summed E-state index contributed by atoms with van der Waals surface area (Å²) < 4.78 is 24.2. The quantitative estimate of drug-likeness (QED) is 0.552. The van der Waals surface area contributed by atoms with Crippen LogP contribution in [0.1, 0.15) is 13.3 Å². The number of halogens is 1. The van der Waals surface area contributed by atoms with E-state index in [-0.39, 0.29) is 17.5 Å². The zero-order chi connectivity index (χ0) is 19.1. The molecule has 0 radical (unpaired) electrons. The van der Waals surface area contributed by atoms with E-state index in [1.165, 1.54) is 23.9 Å². The lowest BCUT2D eigenvalue weighted by atomic mass is 10.2. The molecular weight excluding hydrogens is 367 g/mol. The van der Waals surface area contributed by atoms with Gasteiger partial charge in [-0.05, 0) is 42.8 Å². The molecule has 0 bridgehead atoms. The van der Waals surface area contributed by atoms with Gasteiger partial charge in [-0.25, -0.2) is 9.37 Å². The number of benzene rings is 2. The standard InChI is InChI=1S/C20H19FN2O3S/c1-2-11-25-17-6-4-3-5-16(17)23-19(24)13-27-20-22-12-18(26-20)14-7-9-15(21)10-8-14/h3-10,12H,2,11,13H2,1H3,(H,23,24). The number of nitrogens with zero attached hydrogens (tertiary/aromatic N) is 1. The van der Waals surface area contributed by atoms with Crippen molar-refractivity contribution in [2.75, 3.05) is 17.7 Å². The predicted octanol–water partition coefficient (Wildman–Crippen LogP) is 5.00. The highest BCUT2D eigenvalue weighted by molar-refractivity contribution is 7.99. The maximum Gasteiger partial charge on any atom is 0.256 e. The number of hydrogen-bond acceptors (Lipinski definition) is 5. The number of hydrogen-bond donors (Lipinski definition) is 1. The third-order valence-electron chi connectivity index (χ3n) is 3.56. The lowest BCUT2D eigenvalue weighted by Crippen LogP contribution is -2.15. The number of amides is 1. The van der Waals surface area contributed by atoms with Crippen LogP contribution in [0.4, 0.5) is 10.1 Å². The van der Waals surface area contributed by atoms with E-state index < -0.39 is 0 Å². The molecule has 140 valence electrons. The Morgan fingerprint density at radius 2 is 2.00 bits per heavy atom. The van der Waals surface area contributed by atoms with Gasteiger partial charge in [-0.2, -0.15) is 0 Å². The third kappa shape index (κ3) is 5.34. The number of anilines is 1. The highest BCUT2D eigenvalue weighted by atomic mass is 32.2. The second-order valence-corrected chi connectivity index (χ2v) is 6.61. The van der Waals surface area contributed by atoms with E-state index in [1.54, 1.807) is 24.4 Å². The molecule has 0 aliphatic carbocycles. The fourth-order valence-electron chi connectivity index (χ4n) is 2.29. The molecule has 27 heavy (non-hydrogen) atoms. The van der Waals surface area contributed by atoms with Crippen LogP contribution in [0.25, 0.3) is 11.3 Å². The minimum absolute atomic E-state index is 0.144. The normalized spacial score (nSPS) is 10.6. The van der Waals surface area contributed by atoms with Gasteiger partial charge in [0.25, 0.3) is 5.22 Å². The first kappa shape index (κ1) is 19.0. The monoisotopic (exact) mass is 386 g/mol. The number of rotatable bonds is 8. The van der Waals surface area contributed by atoms with E-state index in [0.29, 0.717) is 29.0 Å². The molecule has 1 N–H and O–H groups in total. The van der Waals surface area contributed by atoms with Crippen LogP contribution >= 0.6 is 11.8 Å². The predicted molar refractivity (Wildman–Crippen MR) is 103 cm³/mol. The summed E-state index contributed by atoms with van der Waals surface area (Å²) in [6.07, 6.45) is 2.44. The largest absolute Gasteiger partial charge is 0.491 e. The van der Waals surface area contributed by atoms with Crippen molar-refractivity contribution in [1.29, 1.82) is 0 Å². The summed E-state index contributed by atoms with van der Waals surface area (Å²) >= 11 is 1.19. The first-order valence-electron chi connectivity index (χ1n) is 8.52. The van der Waals surface area contributed by atoms with Crippen LogP contribution in [-0.4, -0.2) is 23.3 Å². The number of thioether (sulfide) groups is 1. The molecule has 0 saturated heterocycles. The van der Waals surface area contributed by atoms with Crippen LogP contribution in [0.2, 0.25) is 0 Å². The number of para-hydroxylation sites is 2. The van der Waals surface area contributed by atoms with Crippen molar-refractivity contribution in [1.82, 2.24) is 4.98 Å². The number of carbonyl (C=O) groups excluding carboxylic acids is 1. The Morgan fingerprint density at radius 3 is 2.78 bits per heavy atom. The van der Waals surface area contributed by atoms with Crippen LogP contribution in [0.15, 0.2) is 64.4 Å². The lowest BCUT2D eigenvalue weighted by Gasteiger charge is -2.11. The Labute approximate surface area is 160 Å². The summed E-state index contributed by atoms with van der Waals surface area (Å²) in [5.41, 5.74) is 1.36. The lowest BCUT2D eigenvalue weighted by molar-refractivity contribution is -0.113. The molecule has 0 atom stereocenters. The van der Waals surface area contributed by atoms with Crippen molar-refractivity contribution in [2.45, 2.75) is 18.6 Å². The number of carbonyl (C=O) groups is 1. The van der Waals surface area contributed by atoms with E-state index in [0.717, 1.165) is 12.0 Å². The fraction of sp³-hybridized carbons (Fsp3) is 0.200. The van der Waals surface area contributed by atoms with E-state index in [4.69, 9.17) is 9.15 Å². The summed E-state index contributed by atoms with van der Waals surface area (Å²) in [7, 11) is 0. The molecule has 0 unspecified atom stereocenters. The SMILES string of the molecule is CCCOc1ccccc1NC(=O)CSc1ncc(-c2ccc(F)cc2)o1. The van der Waals surface area contributed by atoms with Gasteiger partial charge in [-0.1, -0.05) is 30.8 Å². The molecule has 3 aromatic rings. The highest BCUT2D eigenvalue weighted by Gasteiger charge is 2.12. The van der Waals surface area contributed by atoms with Crippen molar-refractivity contribution >= 4 is 23.4 Å². The average Bonchev–Trinajstić information content (AvgIpc) is 3.15. The molecule has 5 nitrogen and oxygen atoms in total. The van der Waals surface area contributed by atoms with Gasteiger partial charge in [0.15, 0.2) is 5.76 Å². The maximum atomic E-state index is 13.0. The smallest absolute Gasteiger partial charge is 0.256 e. The van der Waals surface area contributed by atoms with Gasteiger partial charge in [0, 0.05) is 5.56 Å². The number of oxazole rings is 1. The molecule has 0 aliphatic heterocycles. The second kappa shape index (κ2) is 9.23. The van der Waals surface area contributed by atoms with Crippen molar-refractivity contribution < 1.29 is 18.3 Å².